The largest absolute Gasteiger partial charge is 0.383 e. The summed E-state index contributed by atoms with van der Waals surface area (Å²) >= 11 is 0. The lowest BCUT2D eigenvalue weighted by molar-refractivity contribution is -0.116. The molecule has 140 valence electrons. The number of amides is 1. The number of rotatable bonds is 5. The van der Waals surface area contributed by atoms with Crippen molar-refractivity contribution in [2.45, 2.75) is 19.8 Å². The number of carbonyl (C=O) groups is 2. The highest BCUT2D eigenvalue weighted by Gasteiger charge is 2.27. The van der Waals surface area contributed by atoms with E-state index in [2.05, 4.69) is 20.3 Å². The van der Waals surface area contributed by atoms with Crippen LogP contribution in [0.4, 0.5) is 11.6 Å². The Morgan fingerprint density at radius 3 is 2.79 bits per heavy atom. The minimum atomic E-state index is -0.397. The molecule has 0 saturated heterocycles. The van der Waals surface area contributed by atoms with E-state index in [1.54, 1.807) is 24.7 Å². The summed E-state index contributed by atoms with van der Waals surface area (Å²) in [7, 11) is 0. The molecule has 3 aromatic heterocycles. The Morgan fingerprint density at radius 1 is 1.21 bits per heavy atom. The zero-order valence-corrected chi connectivity index (χ0v) is 15.3. The number of nitrogen functional groups attached to an aromatic ring is 1. The van der Waals surface area contributed by atoms with Gasteiger partial charge in [0.15, 0.2) is 5.78 Å². The van der Waals surface area contributed by atoms with Crippen molar-refractivity contribution >= 4 is 34.1 Å². The quantitative estimate of drug-likeness (QED) is 0.665. The van der Waals surface area contributed by atoms with Gasteiger partial charge in [0, 0.05) is 41.5 Å². The molecule has 0 aliphatic heterocycles. The van der Waals surface area contributed by atoms with E-state index in [-0.39, 0.29) is 11.7 Å². The molecule has 0 spiro atoms. The fraction of sp³-hybridized carbons (Fsp3) is 0.190. The molecular formula is C21H19N5O2. The molecule has 3 aromatic rings. The highest BCUT2D eigenvalue weighted by atomic mass is 16.1. The van der Waals surface area contributed by atoms with Crippen molar-refractivity contribution in [3.8, 4) is 11.3 Å². The Kier molecular flexibility index (Phi) is 4.57. The predicted octanol–water partition coefficient (Wildman–Crippen LogP) is 3.06. The van der Waals surface area contributed by atoms with Gasteiger partial charge in [-0.25, -0.2) is 9.97 Å². The average Bonchev–Trinajstić information content (AvgIpc) is 3.51. The van der Waals surface area contributed by atoms with Crippen molar-refractivity contribution in [3.63, 3.8) is 0 Å². The van der Waals surface area contributed by atoms with Gasteiger partial charge in [0.25, 0.3) is 0 Å². The SMILES string of the molecule is Cc1ccncc1-c1cc2cc(NC(=O)/C=C/C(=O)C3CC3)ncc2c(N)n1. The molecule has 3 N–H and O–H groups in total. The summed E-state index contributed by atoms with van der Waals surface area (Å²) < 4.78 is 0. The number of nitrogens with zero attached hydrogens (tertiary/aromatic N) is 3. The van der Waals surface area contributed by atoms with E-state index < -0.39 is 5.91 Å². The fourth-order valence-electron chi connectivity index (χ4n) is 2.94. The molecule has 1 aliphatic carbocycles. The lowest BCUT2D eigenvalue weighted by atomic mass is 10.1. The molecular weight excluding hydrogens is 354 g/mol. The summed E-state index contributed by atoms with van der Waals surface area (Å²) in [6.45, 7) is 1.98. The van der Waals surface area contributed by atoms with Crippen LogP contribution in [0.5, 0.6) is 0 Å². The molecule has 0 aromatic carbocycles. The van der Waals surface area contributed by atoms with Gasteiger partial charge in [-0.15, -0.1) is 0 Å². The zero-order chi connectivity index (χ0) is 19.7. The van der Waals surface area contributed by atoms with E-state index in [4.69, 9.17) is 5.73 Å². The number of fused-ring (bicyclic) bond motifs is 1. The molecule has 1 saturated carbocycles. The molecule has 7 nitrogen and oxygen atoms in total. The summed E-state index contributed by atoms with van der Waals surface area (Å²) in [6.07, 6.45) is 9.44. The van der Waals surface area contributed by atoms with E-state index in [0.717, 1.165) is 29.4 Å². The average molecular weight is 373 g/mol. The van der Waals surface area contributed by atoms with Crippen LogP contribution in [0.2, 0.25) is 0 Å². The van der Waals surface area contributed by atoms with Gasteiger partial charge in [-0.3, -0.25) is 14.6 Å². The van der Waals surface area contributed by atoms with E-state index in [9.17, 15) is 9.59 Å². The minimum Gasteiger partial charge on any atom is -0.383 e. The molecule has 0 bridgehead atoms. The first-order valence-electron chi connectivity index (χ1n) is 9.01. The number of allylic oxidation sites excluding steroid dienone is 1. The van der Waals surface area contributed by atoms with E-state index in [1.165, 1.54) is 12.2 Å². The standard InChI is InChI=1S/C21H19N5O2/c1-12-6-7-23-10-15(12)17-8-14-9-19(24-11-16(14)21(22)25-17)26-20(28)5-4-18(27)13-2-3-13/h4-11,13H,2-3H2,1H3,(H2,22,25)(H,24,26,28)/b5-4+. The maximum atomic E-state index is 12.1. The highest BCUT2D eigenvalue weighted by Crippen LogP contribution is 2.30. The second kappa shape index (κ2) is 7.19. The van der Waals surface area contributed by atoms with E-state index >= 15 is 0 Å². The molecule has 1 amide bonds. The number of carbonyl (C=O) groups excluding carboxylic acids is 2. The van der Waals surface area contributed by atoms with Gasteiger partial charge in [-0.1, -0.05) is 0 Å². The van der Waals surface area contributed by atoms with Gasteiger partial charge in [0.05, 0.1) is 5.69 Å². The molecule has 1 aliphatic rings. The monoisotopic (exact) mass is 373 g/mol. The van der Waals surface area contributed by atoms with Gasteiger partial charge in [0.1, 0.15) is 11.6 Å². The number of pyridine rings is 3. The van der Waals surface area contributed by atoms with Crippen molar-refractivity contribution in [1.29, 1.82) is 0 Å². The molecule has 3 heterocycles. The summed E-state index contributed by atoms with van der Waals surface area (Å²) in [5, 5.41) is 4.17. The normalized spacial score (nSPS) is 13.8. The van der Waals surface area contributed by atoms with Crippen LogP contribution in [0.25, 0.3) is 22.0 Å². The topological polar surface area (TPSA) is 111 Å². The van der Waals surface area contributed by atoms with Crippen LogP contribution in [-0.4, -0.2) is 26.6 Å². The fourth-order valence-corrected chi connectivity index (χ4v) is 2.94. The summed E-state index contributed by atoms with van der Waals surface area (Å²) in [4.78, 5) is 36.6. The molecule has 0 atom stereocenters. The maximum absolute atomic E-state index is 12.1. The minimum absolute atomic E-state index is 0.00282. The number of aryl methyl sites for hydroxylation is 1. The van der Waals surface area contributed by atoms with Gasteiger partial charge in [0.2, 0.25) is 5.91 Å². The van der Waals surface area contributed by atoms with Crippen LogP contribution >= 0.6 is 0 Å². The molecule has 0 radical (unpaired) electrons. The van der Waals surface area contributed by atoms with Gasteiger partial charge < -0.3 is 11.1 Å². The molecule has 0 unspecified atom stereocenters. The summed E-state index contributed by atoms with van der Waals surface area (Å²) in [5.41, 5.74) is 8.73. The zero-order valence-electron chi connectivity index (χ0n) is 15.3. The second-order valence-electron chi connectivity index (χ2n) is 6.87. The first-order valence-corrected chi connectivity index (χ1v) is 9.01. The van der Waals surface area contributed by atoms with Crippen molar-refractivity contribution in [3.05, 3.63) is 54.5 Å². The third-order valence-electron chi connectivity index (χ3n) is 4.69. The number of hydrogen-bond acceptors (Lipinski definition) is 6. The van der Waals surface area contributed by atoms with Crippen LogP contribution in [0.3, 0.4) is 0 Å². The Labute approximate surface area is 161 Å². The van der Waals surface area contributed by atoms with Crippen molar-refractivity contribution in [2.24, 2.45) is 5.92 Å². The Morgan fingerprint density at radius 2 is 2.04 bits per heavy atom. The van der Waals surface area contributed by atoms with Gasteiger partial charge in [-0.2, -0.15) is 0 Å². The molecule has 7 heteroatoms. The first-order chi connectivity index (χ1) is 13.5. The molecule has 28 heavy (non-hydrogen) atoms. The van der Waals surface area contributed by atoms with E-state index in [1.807, 2.05) is 19.1 Å². The van der Waals surface area contributed by atoms with Gasteiger partial charge >= 0.3 is 0 Å². The summed E-state index contributed by atoms with van der Waals surface area (Å²) in [6, 6.07) is 5.53. The van der Waals surface area contributed by atoms with Crippen molar-refractivity contribution in [1.82, 2.24) is 15.0 Å². The third kappa shape index (κ3) is 3.73. The predicted molar refractivity (Wildman–Crippen MR) is 107 cm³/mol. The van der Waals surface area contributed by atoms with Crippen LogP contribution in [0, 0.1) is 12.8 Å². The maximum Gasteiger partial charge on any atom is 0.249 e. The first kappa shape index (κ1) is 17.8. The molecule has 1 fully saturated rings. The number of hydrogen-bond donors (Lipinski definition) is 2. The Bertz CT molecular complexity index is 1120. The highest BCUT2D eigenvalue weighted by molar-refractivity contribution is 6.05. The summed E-state index contributed by atoms with van der Waals surface area (Å²) in [5.74, 6) is 0.423. The molecule has 4 rings (SSSR count). The van der Waals surface area contributed by atoms with Crippen LogP contribution in [0.15, 0.2) is 48.9 Å². The lowest BCUT2D eigenvalue weighted by Crippen LogP contribution is -2.10. The lowest BCUT2D eigenvalue weighted by Gasteiger charge is -2.09. The van der Waals surface area contributed by atoms with Gasteiger partial charge in [-0.05, 0) is 55.0 Å². The number of ketones is 1. The van der Waals surface area contributed by atoms with E-state index in [0.29, 0.717) is 22.7 Å². The number of aromatic nitrogens is 3. The van der Waals surface area contributed by atoms with Crippen molar-refractivity contribution < 1.29 is 9.59 Å². The van der Waals surface area contributed by atoms with Crippen LogP contribution in [-0.2, 0) is 9.59 Å². The van der Waals surface area contributed by atoms with Crippen LogP contribution in [0.1, 0.15) is 18.4 Å². The third-order valence-corrected chi connectivity index (χ3v) is 4.69. The Hall–Kier alpha value is -3.61. The number of nitrogens with one attached hydrogen (secondary N) is 1. The van der Waals surface area contributed by atoms with Crippen molar-refractivity contribution in [2.75, 3.05) is 11.1 Å². The van der Waals surface area contributed by atoms with Crippen LogP contribution < -0.4 is 11.1 Å². The number of anilines is 2. The second-order valence-corrected chi connectivity index (χ2v) is 6.87. The number of nitrogens with two attached hydrogens (primary N) is 1. The Balaban J connectivity index is 1.61. The smallest absolute Gasteiger partial charge is 0.249 e.